The lowest BCUT2D eigenvalue weighted by Gasteiger charge is -2.02. The molecule has 8 nitrogen and oxygen atoms in total. The molecule has 0 spiro atoms. The molecular formula is C10H10N4O4S. The van der Waals surface area contributed by atoms with Crippen molar-refractivity contribution >= 4 is 17.7 Å². The summed E-state index contributed by atoms with van der Waals surface area (Å²) in [5.41, 5.74) is -0.452. The quantitative estimate of drug-likeness (QED) is 0.474. The molecule has 2 aromatic rings. The fraction of sp³-hybridized carbons (Fsp3) is 0.200. The number of esters is 1. The Morgan fingerprint density at radius 2 is 2.37 bits per heavy atom. The maximum Gasteiger partial charge on any atom is 0.373 e. The summed E-state index contributed by atoms with van der Waals surface area (Å²) in [6, 6.07) is 3.14. The molecule has 0 saturated heterocycles. The number of aromatic nitrogens is 3. The highest BCUT2D eigenvalue weighted by Gasteiger charge is 2.12. The van der Waals surface area contributed by atoms with Crippen LogP contribution in [0.3, 0.4) is 0 Å². The molecule has 0 aliphatic rings. The Labute approximate surface area is 111 Å². The fourth-order valence-corrected chi connectivity index (χ4v) is 1.99. The number of rotatable bonds is 4. The summed E-state index contributed by atoms with van der Waals surface area (Å²) in [6.45, 7) is 0. The van der Waals surface area contributed by atoms with Gasteiger partial charge in [0.2, 0.25) is 10.9 Å². The average Bonchev–Trinajstić information content (AvgIpc) is 2.88. The second-order valence-corrected chi connectivity index (χ2v) is 4.32. The van der Waals surface area contributed by atoms with Crippen LogP contribution in [0.4, 0.5) is 0 Å². The standard InChI is InChI=1S/C10H10N4O4S/c1-17-9(16)7-3-2-6(18-7)5-19-10-13-12-4-8(15)14(10)11/h2-4H,5,11H2,1H3. The predicted octanol–water partition coefficient (Wildman–Crippen LogP) is 0.0240. The lowest BCUT2D eigenvalue weighted by atomic mass is 10.4. The van der Waals surface area contributed by atoms with E-state index in [1.807, 2.05) is 0 Å². The van der Waals surface area contributed by atoms with Gasteiger partial charge in [-0.15, -0.1) is 5.10 Å². The number of thioether (sulfide) groups is 1. The molecule has 0 saturated carbocycles. The summed E-state index contributed by atoms with van der Waals surface area (Å²) in [4.78, 5) is 22.4. The van der Waals surface area contributed by atoms with E-state index in [-0.39, 0.29) is 10.9 Å². The third-order valence-corrected chi connectivity index (χ3v) is 3.11. The zero-order valence-electron chi connectivity index (χ0n) is 9.90. The Bertz CT molecular complexity index is 651. The van der Waals surface area contributed by atoms with Crippen LogP contribution in [0, 0.1) is 0 Å². The summed E-state index contributed by atoms with van der Waals surface area (Å²) in [7, 11) is 1.27. The largest absolute Gasteiger partial charge is 0.463 e. The van der Waals surface area contributed by atoms with Crippen molar-refractivity contribution < 1.29 is 13.9 Å². The Hall–Kier alpha value is -2.29. The van der Waals surface area contributed by atoms with Crippen LogP contribution in [0.2, 0.25) is 0 Å². The summed E-state index contributed by atoms with van der Waals surface area (Å²) in [6.07, 6.45) is 1.02. The smallest absolute Gasteiger partial charge is 0.373 e. The average molecular weight is 282 g/mol. The lowest BCUT2D eigenvalue weighted by Crippen LogP contribution is -2.29. The first kappa shape index (κ1) is 13.1. The van der Waals surface area contributed by atoms with Crippen LogP contribution < -0.4 is 11.4 Å². The van der Waals surface area contributed by atoms with Gasteiger partial charge in [-0.05, 0) is 12.1 Å². The molecule has 0 aliphatic heterocycles. The second-order valence-electron chi connectivity index (χ2n) is 3.38. The van der Waals surface area contributed by atoms with Gasteiger partial charge in [0.15, 0.2) is 0 Å². The number of ether oxygens (including phenoxy) is 1. The third-order valence-electron chi connectivity index (χ3n) is 2.15. The number of hydrogen-bond acceptors (Lipinski definition) is 8. The molecule has 0 atom stereocenters. The minimum absolute atomic E-state index is 0.113. The number of nitrogens with two attached hydrogens (primary N) is 1. The SMILES string of the molecule is COC(=O)c1ccc(CSc2nncc(=O)n2N)o1. The maximum atomic E-state index is 11.2. The number of nitrogens with zero attached hydrogens (tertiary/aromatic N) is 3. The Kier molecular flexibility index (Phi) is 3.85. The molecule has 19 heavy (non-hydrogen) atoms. The Balaban J connectivity index is 2.06. The minimum Gasteiger partial charge on any atom is -0.463 e. The minimum atomic E-state index is -0.550. The highest BCUT2D eigenvalue weighted by atomic mass is 32.2. The molecule has 0 bridgehead atoms. The van der Waals surface area contributed by atoms with Gasteiger partial charge in [-0.25, -0.2) is 4.79 Å². The molecule has 0 aromatic carbocycles. The Morgan fingerprint density at radius 1 is 1.58 bits per heavy atom. The predicted molar refractivity (Wildman–Crippen MR) is 66.1 cm³/mol. The lowest BCUT2D eigenvalue weighted by molar-refractivity contribution is 0.0563. The normalized spacial score (nSPS) is 10.4. The summed E-state index contributed by atoms with van der Waals surface area (Å²) in [5, 5.41) is 7.50. The first-order valence-corrected chi connectivity index (χ1v) is 6.10. The van der Waals surface area contributed by atoms with E-state index in [2.05, 4.69) is 14.9 Å². The highest BCUT2D eigenvalue weighted by molar-refractivity contribution is 7.98. The molecule has 100 valence electrons. The number of carbonyl (C=O) groups is 1. The van der Waals surface area contributed by atoms with Gasteiger partial charge >= 0.3 is 5.97 Å². The van der Waals surface area contributed by atoms with Crippen molar-refractivity contribution in [3.8, 4) is 0 Å². The highest BCUT2D eigenvalue weighted by Crippen LogP contribution is 2.20. The van der Waals surface area contributed by atoms with E-state index in [0.717, 1.165) is 10.9 Å². The molecule has 2 rings (SSSR count). The van der Waals surface area contributed by atoms with Gasteiger partial charge in [0, 0.05) is 0 Å². The van der Waals surface area contributed by atoms with Crippen molar-refractivity contribution in [2.45, 2.75) is 10.9 Å². The van der Waals surface area contributed by atoms with Crippen molar-refractivity contribution in [2.24, 2.45) is 0 Å². The van der Waals surface area contributed by atoms with Crippen LogP contribution in [0.5, 0.6) is 0 Å². The molecule has 0 radical (unpaired) electrons. The molecule has 0 amide bonds. The van der Waals surface area contributed by atoms with E-state index in [4.69, 9.17) is 10.3 Å². The van der Waals surface area contributed by atoms with E-state index in [1.165, 1.54) is 24.9 Å². The zero-order chi connectivity index (χ0) is 13.8. The van der Waals surface area contributed by atoms with E-state index in [0.29, 0.717) is 11.5 Å². The number of furan rings is 1. The van der Waals surface area contributed by atoms with Gasteiger partial charge in [0.05, 0.1) is 12.9 Å². The van der Waals surface area contributed by atoms with E-state index < -0.39 is 11.5 Å². The van der Waals surface area contributed by atoms with Crippen molar-refractivity contribution in [3.63, 3.8) is 0 Å². The summed E-state index contributed by atoms with van der Waals surface area (Å²) in [5.74, 6) is 5.95. The number of methoxy groups -OCH3 is 1. The van der Waals surface area contributed by atoms with Gasteiger partial charge in [-0.3, -0.25) is 4.79 Å². The van der Waals surface area contributed by atoms with Crippen LogP contribution >= 0.6 is 11.8 Å². The summed E-state index contributed by atoms with van der Waals surface area (Å²) >= 11 is 1.17. The molecule has 0 unspecified atom stereocenters. The van der Waals surface area contributed by atoms with Crippen LogP contribution in [0.1, 0.15) is 16.3 Å². The monoisotopic (exact) mass is 282 g/mol. The topological polar surface area (TPSA) is 113 Å². The van der Waals surface area contributed by atoms with E-state index in [1.54, 1.807) is 6.07 Å². The van der Waals surface area contributed by atoms with Crippen LogP contribution in [0.15, 0.2) is 32.7 Å². The van der Waals surface area contributed by atoms with E-state index >= 15 is 0 Å². The van der Waals surface area contributed by atoms with Crippen molar-refractivity contribution in [1.82, 2.24) is 14.9 Å². The summed E-state index contributed by atoms with van der Waals surface area (Å²) < 4.78 is 10.7. The number of nitrogen functional groups attached to an aromatic ring is 1. The molecule has 9 heteroatoms. The molecule has 0 fully saturated rings. The molecule has 0 aliphatic carbocycles. The number of hydrogen-bond donors (Lipinski definition) is 1. The molecular weight excluding hydrogens is 272 g/mol. The Morgan fingerprint density at radius 3 is 3.11 bits per heavy atom. The molecule has 2 aromatic heterocycles. The second kappa shape index (κ2) is 5.57. The first-order chi connectivity index (χ1) is 9.11. The third kappa shape index (κ3) is 2.94. The van der Waals surface area contributed by atoms with Crippen molar-refractivity contribution in [3.05, 3.63) is 40.2 Å². The van der Waals surface area contributed by atoms with Crippen LogP contribution in [0.25, 0.3) is 0 Å². The number of carbonyl (C=O) groups excluding carboxylic acids is 1. The van der Waals surface area contributed by atoms with Crippen LogP contribution in [-0.2, 0) is 10.5 Å². The van der Waals surface area contributed by atoms with Gasteiger partial charge in [-0.1, -0.05) is 11.8 Å². The fourth-order valence-electron chi connectivity index (χ4n) is 1.23. The van der Waals surface area contributed by atoms with Gasteiger partial charge in [-0.2, -0.15) is 9.77 Å². The van der Waals surface area contributed by atoms with Crippen molar-refractivity contribution in [2.75, 3.05) is 13.0 Å². The van der Waals surface area contributed by atoms with Gasteiger partial charge in [0.25, 0.3) is 5.56 Å². The van der Waals surface area contributed by atoms with Gasteiger partial charge < -0.3 is 15.0 Å². The van der Waals surface area contributed by atoms with Gasteiger partial charge in [0.1, 0.15) is 12.0 Å². The maximum absolute atomic E-state index is 11.2. The van der Waals surface area contributed by atoms with Crippen molar-refractivity contribution in [1.29, 1.82) is 0 Å². The molecule has 2 N–H and O–H groups in total. The zero-order valence-corrected chi connectivity index (χ0v) is 10.7. The molecule has 2 heterocycles. The van der Waals surface area contributed by atoms with Crippen LogP contribution in [-0.4, -0.2) is 28.0 Å². The van der Waals surface area contributed by atoms with E-state index in [9.17, 15) is 9.59 Å². The first-order valence-electron chi connectivity index (χ1n) is 5.11.